The Morgan fingerprint density at radius 1 is 0.971 bits per heavy atom. The molecular weight excluding hydrogens is 426 g/mol. The highest BCUT2D eigenvalue weighted by atomic mass is 16.6. The lowest BCUT2D eigenvalue weighted by Gasteiger charge is -2.24. The van der Waals surface area contributed by atoms with E-state index in [0.29, 0.717) is 25.9 Å². The fourth-order valence-electron chi connectivity index (χ4n) is 4.18. The van der Waals surface area contributed by atoms with Gasteiger partial charge in [0.05, 0.1) is 6.04 Å². The Kier molecular flexibility index (Phi) is 7.76. The van der Waals surface area contributed by atoms with Crippen LogP contribution in [-0.4, -0.2) is 29.5 Å². The molecule has 3 aromatic rings. The molecule has 0 radical (unpaired) electrons. The fourth-order valence-corrected chi connectivity index (χ4v) is 4.18. The molecule has 1 heterocycles. The van der Waals surface area contributed by atoms with E-state index in [1.165, 1.54) is 4.90 Å². The number of nitrogens with zero attached hydrogens (tertiary/aromatic N) is 1. The molecule has 1 saturated heterocycles. The van der Waals surface area contributed by atoms with E-state index in [-0.39, 0.29) is 18.6 Å². The fraction of sp³-hybridized carbons (Fsp3) is 0.241. The number of hydrogen-bond donors (Lipinski definition) is 0. The summed E-state index contributed by atoms with van der Waals surface area (Å²) in [6, 6.07) is 27.3. The van der Waals surface area contributed by atoms with Gasteiger partial charge in [-0.15, -0.1) is 6.58 Å². The molecule has 1 aliphatic heterocycles. The summed E-state index contributed by atoms with van der Waals surface area (Å²) in [7, 11) is 0. The molecule has 0 spiro atoms. The summed E-state index contributed by atoms with van der Waals surface area (Å²) in [6.07, 6.45) is 2.73. The van der Waals surface area contributed by atoms with Crippen LogP contribution in [0.1, 0.15) is 23.1 Å². The Hall–Kier alpha value is -3.86. The Morgan fingerprint density at radius 2 is 1.62 bits per heavy atom. The summed E-state index contributed by atoms with van der Waals surface area (Å²) in [5, 5.41) is 0. The summed E-state index contributed by atoms with van der Waals surface area (Å²) in [4.78, 5) is 27.2. The smallest absolute Gasteiger partial charge is 0.416 e. The minimum absolute atomic E-state index is 0.215. The number of amides is 2. The van der Waals surface area contributed by atoms with E-state index in [1.54, 1.807) is 6.08 Å². The number of ether oxygens (including phenoxy) is 2. The SMILES string of the molecule is C=CC[C@@H](Cc1ccc(OCc2ccccc2)cc1)C(=O)N1C(=O)OC[C@@H]1Cc1ccccc1. The highest BCUT2D eigenvalue weighted by molar-refractivity contribution is 5.95. The lowest BCUT2D eigenvalue weighted by molar-refractivity contribution is -0.133. The van der Waals surface area contributed by atoms with Gasteiger partial charge in [0, 0.05) is 5.92 Å². The molecule has 0 N–H and O–H groups in total. The number of benzene rings is 3. The molecule has 0 unspecified atom stereocenters. The van der Waals surface area contributed by atoms with Crippen molar-refractivity contribution in [3.05, 3.63) is 114 Å². The predicted octanol–water partition coefficient (Wildman–Crippen LogP) is 5.59. The van der Waals surface area contributed by atoms with Crippen LogP contribution in [0.2, 0.25) is 0 Å². The molecule has 2 amide bonds. The van der Waals surface area contributed by atoms with Gasteiger partial charge in [-0.1, -0.05) is 78.9 Å². The largest absolute Gasteiger partial charge is 0.489 e. The number of cyclic esters (lactones) is 1. The normalized spacial score (nSPS) is 16.1. The first-order valence-electron chi connectivity index (χ1n) is 11.5. The number of carbonyl (C=O) groups is 2. The Morgan fingerprint density at radius 3 is 2.26 bits per heavy atom. The zero-order valence-corrected chi connectivity index (χ0v) is 19.1. The van der Waals surface area contributed by atoms with Crippen molar-refractivity contribution in [2.45, 2.75) is 31.9 Å². The maximum Gasteiger partial charge on any atom is 0.416 e. The van der Waals surface area contributed by atoms with Gasteiger partial charge in [0.15, 0.2) is 0 Å². The molecule has 0 aliphatic carbocycles. The molecule has 5 nitrogen and oxygen atoms in total. The van der Waals surface area contributed by atoms with Gasteiger partial charge in [-0.2, -0.15) is 0 Å². The van der Waals surface area contributed by atoms with Crippen molar-refractivity contribution in [2.75, 3.05) is 6.61 Å². The first kappa shape index (κ1) is 23.3. The number of imide groups is 1. The van der Waals surface area contributed by atoms with Crippen LogP contribution in [0.4, 0.5) is 4.79 Å². The lowest BCUT2D eigenvalue weighted by atomic mass is 9.93. The van der Waals surface area contributed by atoms with Gasteiger partial charge < -0.3 is 9.47 Å². The summed E-state index contributed by atoms with van der Waals surface area (Å²) < 4.78 is 11.1. The molecule has 5 heteroatoms. The standard InChI is InChI=1S/C29H29NO4/c1-2-9-25(18-23-14-16-27(17-15-23)33-20-24-12-7-4-8-13-24)28(31)30-26(21-34-29(30)32)19-22-10-5-3-6-11-22/h2-8,10-17,25-26H,1,9,18-21H2/t25-,26-/m0/s1. The molecule has 174 valence electrons. The molecule has 3 aromatic carbocycles. The lowest BCUT2D eigenvalue weighted by Crippen LogP contribution is -2.44. The molecule has 0 saturated carbocycles. The van der Waals surface area contributed by atoms with Crippen LogP contribution in [0.3, 0.4) is 0 Å². The predicted molar refractivity (Wildman–Crippen MR) is 131 cm³/mol. The van der Waals surface area contributed by atoms with E-state index in [1.807, 2.05) is 84.9 Å². The summed E-state index contributed by atoms with van der Waals surface area (Å²) >= 11 is 0. The highest BCUT2D eigenvalue weighted by Gasteiger charge is 2.40. The highest BCUT2D eigenvalue weighted by Crippen LogP contribution is 2.24. The minimum Gasteiger partial charge on any atom is -0.489 e. The topological polar surface area (TPSA) is 55.8 Å². The van der Waals surface area contributed by atoms with Crippen molar-refractivity contribution < 1.29 is 19.1 Å². The second-order valence-corrected chi connectivity index (χ2v) is 8.47. The minimum atomic E-state index is -0.565. The average molecular weight is 456 g/mol. The van der Waals surface area contributed by atoms with Gasteiger partial charge in [-0.05, 0) is 48.1 Å². The van der Waals surface area contributed by atoms with E-state index < -0.39 is 12.0 Å². The number of carbonyl (C=O) groups excluding carboxylic acids is 2. The third-order valence-electron chi connectivity index (χ3n) is 5.97. The average Bonchev–Trinajstić information content (AvgIpc) is 3.23. The van der Waals surface area contributed by atoms with E-state index in [0.717, 1.165) is 22.4 Å². The summed E-state index contributed by atoms with van der Waals surface area (Å²) in [5.41, 5.74) is 3.17. The molecule has 1 aliphatic rings. The quantitative estimate of drug-likeness (QED) is 0.374. The summed E-state index contributed by atoms with van der Waals surface area (Å²) in [5.74, 6) is 0.162. The van der Waals surface area contributed by atoms with Gasteiger partial charge in [-0.3, -0.25) is 4.79 Å². The Bertz CT molecular complexity index is 1100. The Balaban J connectivity index is 1.41. The van der Waals surface area contributed by atoms with Crippen LogP contribution in [0, 0.1) is 5.92 Å². The molecule has 0 aromatic heterocycles. The van der Waals surface area contributed by atoms with E-state index in [9.17, 15) is 9.59 Å². The van der Waals surface area contributed by atoms with Crippen LogP contribution in [0.15, 0.2) is 97.6 Å². The van der Waals surface area contributed by atoms with Crippen molar-refractivity contribution in [1.29, 1.82) is 0 Å². The van der Waals surface area contributed by atoms with Crippen molar-refractivity contribution in [3.63, 3.8) is 0 Å². The first-order valence-corrected chi connectivity index (χ1v) is 11.5. The van der Waals surface area contributed by atoms with E-state index in [2.05, 4.69) is 6.58 Å². The second-order valence-electron chi connectivity index (χ2n) is 8.47. The molecular formula is C29H29NO4. The zero-order chi connectivity index (χ0) is 23.8. The van der Waals surface area contributed by atoms with Crippen LogP contribution < -0.4 is 4.74 Å². The number of rotatable bonds is 10. The Labute approximate surface area is 200 Å². The molecule has 0 bridgehead atoms. The summed E-state index contributed by atoms with van der Waals surface area (Å²) in [6.45, 7) is 4.53. The molecule has 1 fully saturated rings. The van der Waals surface area contributed by atoms with Gasteiger partial charge in [0.1, 0.15) is 19.0 Å². The van der Waals surface area contributed by atoms with E-state index in [4.69, 9.17) is 9.47 Å². The molecule has 34 heavy (non-hydrogen) atoms. The third-order valence-corrected chi connectivity index (χ3v) is 5.97. The molecule has 4 rings (SSSR count). The van der Waals surface area contributed by atoms with Crippen LogP contribution in [-0.2, 0) is 29.0 Å². The number of hydrogen-bond acceptors (Lipinski definition) is 4. The van der Waals surface area contributed by atoms with E-state index >= 15 is 0 Å². The van der Waals surface area contributed by atoms with Crippen LogP contribution in [0.5, 0.6) is 5.75 Å². The van der Waals surface area contributed by atoms with Crippen molar-refractivity contribution >= 4 is 12.0 Å². The van der Waals surface area contributed by atoms with Crippen molar-refractivity contribution in [1.82, 2.24) is 4.90 Å². The van der Waals surface area contributed by atoms with Gasteiger partial charge >= 0.3 is 6.09 Å². The van der Waals surface area contributed by atoms with Gasteiger partial charge in [-0.25, -0.2) is 9.69 Å². The van der Waals surface area contributed by atoms with Crippen molar-refractivity contribution in [2.24, 2.45) is 5.92 Å². The third kappa shape index (κ3) is 5.93. The first-order chi connectivity index (χ1) is 16.6. The van der Waals surface area contributed by atoms with Crippen molar-refractivity contribution in [3.8, 4) is 5.75 Å². The van der Waals surface area contributed by atoms with Crippen LogP contribution in [0.25, 0.3) is 0 Å². The maximum atomic E-state index is 13.4. The zero-order valence-electron chi connectivity index (χ0n) is 19.1. The monoisotopic (exact) mass is 455 g/mol. The van der Waals surface area contributed by atoms with Crippen LogP contribution >= 0.6 is 0 Å². The molecule has 2 atom stereocenters. The second kappa shape index (κ2) is 11.3. The van der Waals surface area contributed by atoms with Gasteiger partial charge in [0.25, 0.3) is 0 Å². The van der Waals surface area contributed by atoms with Gasteiger partial charge in [0.2, 0.25) is 5.91 Å². The maximum absolute atomic E-state index is 13.4. The number of allylic oxidation sites excluding steroid dienone is 1.